The van der Waals surface area contributed by atoms with E-state index in [9.17, 15) is 22.8 Å². The van der Waals surface area contributed by atoms with E-state index < -0.39 is 45.3 Å². The van der Waals surface area contributed by atoms with Crippen molar-refractivity contribution >= 4 is 68.1 Å². The molecule has 1 aliphatic rings. The third kappa shape index (κ3) is 4.98. The fraction of sp³-hybridized carbons (Fsp3) is 0.167. The lowest BCUT2D eigenvalue weighted by molar-refractivity contribution is -0.117. The third-order valence-corrected chi connectivity index (χ3v) is 7.45. The smallest absolute Gasteiger partial charge is 0.231 e. The summed E-state index contributed by atoms with van der Waals surface area (Å²) in [6, 6.07) is 11.6. The summed E-state index contributed by atoms with van der Waals surface area (Å²) in [6.45, 7) is 0. The van der Waals surface area contributed by atoms with Crippen molar-refractivity contribution in [3.63, 3.8) is 0 Å². The maximum atomic E-state index is 13.9. The maximum absolute atomic E-state index is 13.9. The van der Waals surface area contributed by atoms with Gasteiger partial charge in [-0.3, -0.25) is 9.59 Å². The highest BCUT2D eigenvalue weighted by Gasteiger charge is 2.67. The van der Waals surface area contributed by atoms with Crippen LogP contribution in [0.1, 0.15) is 27.4 Å². The molecule has 3 nitrogen and oxygen atoms in total. The number of ketones is 1. The fourth-order valence-electron chi connectivity index (χ4n) is 3.74. The minimum absolute atomic E-state index is 0.00789. The van der Waals surface area contributed by atoms with E-state index in [4.69, 9.17) is 34.8 Å². The van der Waals surface area contributed by atoms with Crippen LogP contribution in [0.25, 0.3) is 0 Å². The number of hydrogen-bond acceptors (Lipinski definition) is 2. The van der Waals surface area contributed by atoms with Crippen LogP contribution in [-0.4, -0.2) is 16.0 Å². The minimum Gasteiger partial charge on any atom is -0.326 e. The Morgan fingerprint density at radius 3 is 2.38 bits per heavy atom. The SMILES string of the molecule is O=C(Cc1ccc(F)cc1F)c1cc(NC(=O)C2C(c3ccc(Br)c(F)c3)C2(Cl)Cl)ccc1Cl. The molecule has 0 aromatic heterocycles. The molecule has 1 aliphatic carbocycles. The zero-order valence-electron chi connectivity index (χ0n) is 17.0. The van der Waals surface area contributed by atoms with Gasteiger partial charge in [-0.15, -0.1) is 23.2 Å². The molecule has 3 aromatic carbocycles. The Balaban J connectivity index is 1.51. The number of halogens is 7. The predicted octanol–water partition coefficient (Wildman–Crippen LogP) is 7.47. The number of benzene rings is 3. The van der Waals surface area contributed by atoms with Gasteiger partial charge in [-0.05, 0) is 63.5 Å². The van der Waals surface area contributed by atoms with Crippen molar-refractivity contribution in [3.05, 3.63) is 98.2 Å². The highest BCUT2D eigenvalue weighted by atomic mass is 79.9. The van der Waals surface area contributed by atoms with Crippen molar-refractivity contribution in [3.8, 4) is 0 Å². The van der Waals surface area contributed by atoms with E-state index in [2.05, 4.69) is 21.2 Å². The van der Waals surface area contributed by atoms with Crippen LogP contribution in [0.4, 0.5) is 18.9 Å². The molecule has 3 aromatic rings. The van der Waals surface area contributed by atoms with Crippen LogP contribution >= 0.6 is 50.7 Å². The molecule has 0 saturated heterocycles. The van der Waals surface area contributed by atoms with Crippen molar-refractivity contribution < 1.29 is 22.8 Å². The van der Waals surface area contributed by atoms with E-state index in [1.165, 1.54) is 36.4 Å². The average molecular weight is 592 g/mol. The summed E-state index contributed by atoms with van der Waals surface area (Å²) in [5.74, 6) is -4.65. The molecule has 2 atom stereocenters. The highest BCUT2D eigenvalue weighted by Crippen LogP contribution is 2.65. The minimum atomic E-state index is -1.43. The summed E-state index contributed by atoms with van der Waals surface area (Å²) < 4.78 is 39.8. The monoisotopic (exact) mass is 589 g/mol. The molecular weight excluding hydrogens is 578 g/mol. The molecular formula is C24H14BrCl3F3NO2. The molecule has 4 rings (SSSR count). The number of carbonyl (C=O) groups is 2. The maximum Gasteiger partial charge on any atom is 0.231 e. The fourth-order valence-corrected chi connectivity index (χ4v) is 5.04. The number of nitrogens with one attached hydrogen (secondary N) is 1. The first-order valence-electron chi connectivity index (χ1n) is 9.89. The van der Waals surface area contributed by atoms with Crippen LogP contribution in [0.2, 0.25) is 5.02 Å². The molecule has 0 heterocycles. The van der Waals surface area contributed by atoms with E-state index in [0.717, 1.165) is 6.07 Å². The molecule has 0 radical (unpaired) electrons. The Hall–Kier alpha value is -2.06. The average Bonchev–Trinajstić information content (AvgIpc) is 3.35. The van der Waals surface area contributed by atoms with Gasteiger partial charge in [-0.1, -0.05) is 23.7 Å². The molecule has 1 amide bonds. The van der Waals surface area contributed by atoms with Gasteiger partial charge in [0.05, 0.1) is 15.4 Å². The van der Waals surface area contributed by atoms with Gasteiger partial charge in [0.15, 0.2) is 5.78 Å². The number of alkyl halides is 2. The lowest BCUT2D eigenvalue weighted by Crippen LogP contribution is -2.17. The van der Waals surface area contributed by atoms with Gasteiger partial charge in [0.1, 0.15) is 21.8 Å². The van der Waals surface area contributed by atoms with Crippen LogP contribution in [-0.2, 0) is 11.2 Å². The quantitative estimate of drug-likeness (QED) is 0.239. The second kappa shape index (κ2) is 9.53. The summed E-state index contributed by atoms with van der Waals surface area (Å²) in [5.41, 5.74) is 0.773. The Morgan fingerprint density at radius 1 is 0.971 bits per heavy atom. The predicted molar refractivity (Wildman–Crippen MR) is 129 cm³/mol. The largest absolute Gasteiger partial charge is 0.326 e. The molecule has 176 valence electrons. The molecule has 1 fully saturated rings. The van der Waals surface area contributed by atoms with E-state index >= 15 is 0 Å². The second-order valence-electron chi connectivity index (χ2n) is 7.82. The van der Waals surface area contributed by atoms with Crippen molar-refractivity contribution in [2.45, 2.75) is 16.7 Å². The Labute approximate surface area is 216 Å². The summed E-state index contributed by atoms with van der Waals surface area (Å²) in [7, 11) is 0. The lowest BCUT2D eigenvalue weighted by Gasteiger charge is -2.10. The van der Waals surface area contributed by atoms with Crippen molar-refractivity contribution in [1.29, 1.82) is 0 Å². The number of anilines is 1. The summed E-state index contributed by atoms with van der Waals surface area (Å²) in [4.78, 5) is 25.6. The van der Waals surface area contributed by atoms with Gasteiger partial charge >= 0.3 is 0 Å². The number of rotatable bonds is 6. The Bertz CT molecular complexity index is 1320. The molecule has 1 saturated carbocycles. The van der Waals surface area contributed by atoms with Gasteiger partial charge in [-0.25, -0.2) is 13.2 Å². The molecule has 10 heteroatoms. The van der Waals surface area contributed by atoms with Crippen molar-refractivity contribution in [2.24, 2.45) is 5.92 Å². The standard InChI is InChI=1S/C24H14BrCl3F3NO2/c25-16-5-2-12(7-19(16)31)21-22(24(21,27)28)23(34)32-14-4-6-17(26)15(10-14)20(33)8-11-1-3-13(29)9-18(11)30/h1-7,9-10,21-22H,8H2,(H,32,34). The van der Waals surface area contributed by atoms with Gasteiger partial charge < -0.3 is 5.32 Å². The normalized spacial score (nSPS) is 18.4. The van der Waals surface area contributed by atoms with Gasteiger partial charge in [-0.2, -0.15) is 0 Å². The van der Waals surface area contributed by atoms with E-state index in [1.54, 1.807) is 6.07 Å². The van der Waals surface area contributed by atoms with Crippen molar-refractivity contribution in [1.82, 2.24) is 0 Å². The van der Waals surface area contributed by atoms with Crippen LogP contribution in [0.3, 0.4) is 0 Å². The second-order valence-corrected chi connectivity index (χ2v) is 10.5. The van der Waals surface area contributed by atoms with E-state index in [-0.39, 0.29) is 32.7 Å². The molecule has 1 N–H and O–H groups in total. The number of Topliss-reactive ketones (excluding diaryl/α,β-unsaturated/α-hetero) is 1. The van der Waals surface area contributed by atoms with Gasteiger partial charge in [0.25, 0.3) is 0 Å². The number of carbonyl (C=O) groups excluding carboxylic acids is 2. The summed E-state index contributed by atoms with van der Waals surface area (Å²) >= 11 is 21.8. The molecule has 2 unspecified atom stereocenters. The first-order valence-corrected chi connectivity index (χ1v) is 11.8. The zero-order valence-corrected chi connectivity index (χ0v) is 20.9. The van der Waals surface area contributed by atoms with Gasteiger partial charge in [0, 0.05) is 29.7 Å². The van der Waals surface area contributed by atoms with Crippen LogP contribution in [0, 0.1) is 23.4 Å². The Kier molecular flexibility index (Phi) is 7.02. The van der Waals surface area contributed by atoms with Crippen LogP contribution < -0.4 is 5.32 Å². The first-order chi connectivity index (χ1) is 16.0. The third-order valence-electron chi connectivity index (χ3n) is 5.54. The summed E-state index contributed by atoms with van der Waals surface area (Å²) in [6.07, 6.45) is -0.352. The first kappa shape index (κ1) is 25.0. The number of hydrogen-bond donors (Lipinski definition) is 1. The van der Waals surface area contributed by atoms with Crippen LogP contribution in [0.5, 0.6) is 0 Å². The van der Waals surface area contributed by atoms with E-state index in [1.807, 2.05) is 0 Å². The zero-order chi connectivity index (χ0) is 24.8. The van der Waals surface area contributed by atoms with Crippen molar-refractivity contribution in [2.75, 3.05) is 5.32 Å². The topological polar surface area (TPSA) is 46.2 Å². The molecule has 0 spiro atoms. The Morgan fingerprint density at radius 2 is 1.71 bits per heavy atom. The van der Waals surface area contributed by atoms with Gasteiger partial charge in [0.2, 0.25) is 5.91 Å². The molecule has 34 heavy (non-hydrogen) atoms. The van der Waals surface area contributed by atoms with E-state index in [0.29, 0.717) is 11.6 Å². The molecule has 0 bridgehead atoms. The molecule has 0 aliphatic heterocycles. The lowest BCUT2D eigenvalue weighted by atomic mass is 10.0. The number of amides is 1. The highest BCUT2D eigenvalue weighted by molar-refractivity contribution is 9.10. The van der Waals surface area contributed by atoms with Crippen LogP contribution in [0.15, 0.2) is 59.1 Å². The summed E-state index contributed by atoms with van der Waals surface area (Å²) in [5, 5.41) is 2.75.